The Kier molecular flexibility index (Phi) is 3.60. The van der Waals surface area contributed by atoms with Crippen molar-refractivity contribution >= 4 is 23.2 Å². The van der Waals surface area contributed by atoms with Crippen LogP contribution in [0.25, 0.3) is 11.5 Å². The SMILES string of the molecule is N#Cc1[nH]ncc1-c1nc(Cc2ccc(Cl)c(Cl)c2)no1. The van der Waals surface area contributed by atoms with Gasteiger partial charge in [-0.25, -0.2) is 0 Å². The van der Waals surface area contributed by atoms with E-state index in [9.17, 15) is 0 Å². The zero-order valence-electron chi connectivity index (χ0n) is 10.5. The van der Waals surface area contributed by atoms with Gasteiger partial charge in [-0.1, -0.05) is 34.4 Å². The molecule has 0 bridgehead atoms. The third-order valence-electron chi connectivity index (χ3n) is 2.80. The Morgan fingerprint density at radius 2 is 2.14 bits per heavy atom. The number of nitrogens with zero attached hydrogens (tertiary/aromatic N) is 4. The largest absolute Gasteiger partial charge is 0.334 e. The van der Waals surface area contributed by atoms with Crippen molar-refractivity contribution in [1.29, 1.82) is 5.26 Å². The maximum atomic E-state index is 8.93. The highest BCUT2D eigenvalue weighted by atomic mass is 35.5. The van der Waals surface area contributed by atoms with E-state index in [0.29, 0.717) is 27.9 Å². The fourth-order valence-corrected chi connectivity index (χ4v) is 2.12. The number of hydrogen-bond donors (Lipinski definition) is 1. The van der Waals surface area contributed by atoms with E-state index in [1.54, 1.807) is 12.1 Å². The van der Waals surface area contributed by atoms with E-state index in [1.165, 1.54) is 6.20 Å². The van der Waals surface area contributed by atoms with Gasteiger partial charge in [0.2, 0.25) is 0 Å². The molecule has 6 nitrogen and oxygen atoms in total. The van der Waals surface area contributed by atoms with E-state index in [2.05, 4.69) is 20.3 Å². The first-order chi connectivity index (χ1) is 10.2. The van der Waals surface area contributed by atoms with Gasteiger partial charge in [0.05, 0.1) is 21.8 Å². The van der Waals surface area contributed by atoms with Crippen LogP contribution in [-0.4, -0.2) is 20.3 Å². The van der Waals surface area contributed by atoms with Crippen LogP contribution in [0.2, 0.25) is 10.0 Å². The van der Waals surface area contributed by atoms with Crippen molar-refractivity contribution in [2.75, 3.05) is 0 Å². The maximum absolute atomic E-state index is 8.93. The van der Waals surface area contributed by atoms with E-state index in [4.69, 9.17) is 33.0 Å². The summed E-state index contributed by atoms with van der Waals surface area (Å²) < 4.78 is 5.15. The smallest absolute Gasteiger partial charge is 0.262 e. The highest BCUT2D eigenvalue weighted by molar-refractivity contribution is 6.42. The van der Waals surface area contributed by atoms with E-state index in [1.807, 2.05) is 12.1 Å². The molecule has 1 aromatic carbocycles. The fraction of sp³-hybridized carbons (Fsp3) is 0.0769. The van der Waals surface area contributed by atoms with Crippen molar-refractivity contribution in [2.45, 2.75) is 6.42 Å². The lowest BCUT2D eigenvalue weighted by atomic mass is 10.1. The van der Waals surface area contributed by atoms with Crippen molar-refractivity contribution < 1.29 is 4.52 Å². The highest BCUT2D eigenvalue weighted by Gasteiger charge is 2.15. The van der Waals surface area contributed by atoms with E-state index in [-0.39, 0.29) is 11.6 Å². The topological polar surface area (TPSA) is 91.4 Å². The Hall–Kier alpha value is -2.36. The summed E-state index contributed by atoms with van der Waals surface area (Å²) in [5, 5.41) is 20.1. The summed E-state index contributed by atoms with van der Waals surface area (Å²) in [5.41, 5.74) is 1.66. The van der Waals surface area contributed by atoms with Crippen LogP contribution in [-0.2, 0) is 6.42 Å². The zero-order valence-corrected chi connectivity index (χ0v) is 12.0. The zero-order chi connectivity index (χ0) is 14.8. The minimum atomic E-state index is 0.246. The van der Waals surface area contributed by atoms with Crippen LogP contribution in [0.15, 0.2) is 28.9 Å². The lowest BCUT2D eigenvalue weighted by molar-refractivity contribution is 0.424. The maximum Gasteiger partial charge on any atom is 0.262 e. The van der Waals surface area contributed by atoms with Gasteiger partial charge in [0, 0.05) is 6.42 Å². The Balaban J connectivity index is 1.85. The number of aromatic amines is 1. The van der Waals surface area contributed by atoms with Gasteiger partial charge in [-0.3, -0.25) is 5.10 Å². The molecule has 0 aliphatic heterocycles. The van der Waals surface area contributed by atoms with Gasteiger partial charge >= 0.3 is 0 Å². The number of hydrogen-bond acceptors (Lipinski definition) is 5. The highest BCUT2D eigenvalue weighted by Crippen LogP contribution is 2.24. The van der Waals surface area contributed by atoms with Crippen molar-refractivity contribution in [1.82, 2.24) is 20.3 Å². The molecule has 0 aliphatic rings. The van der Waals surface area contributed by atoms with Gasteiger partial charge in [-0.15, -0.1) is 0 Å². The Bertz CT molecular complexity index is 833. The van der Waals surface area contributed by atoms with Gasteiger partial charge in [0.1, 0.15) is 11.8 Å². The number of nitrogens with one attached hydrogen (secondary N) is 1. The molecule has 0 unspecified atom stereocenters. The molecule has 0 saturated carbocycles. The number of rotatable bonds is 3. The summed E-state index contributed by atoms with van der Waals surface area (Å²) >= 11 is 11.8. The lowest BCUT2D eigenvalue weighted by Crippen LogP contribution is -1.91. The van der Waals surface area contributed by atoms with Crippen molar-refractivity contribution in [2.24, 2.45) is 0 Å². The van der Waals surface area contributed by atoms with Crippen LogP contribution in [0.1, 0.15) is 17.1 Å². The molecule has 8 heteroatoms. The third kappa shape index (κ3) is 2.75. The second kappa shape index (κ2) is 5.56. The summed E-state index contributed by atoms with van der Waals surface area (Å²) in [7, 11) is 0. The van der Waals surface area contributed by atoms with Crippen LogP contribution >= 0.6 is 23.2 Å². The summed E-state index contributed by atoms with van der Waals surface area (Å²) in [5.74, 6) is 0.726. The molecule has 0 amide bonds. The molecule has 0 spiro atoms. The third-order valence-corrected chi connectivity index (χ3v) is 3.53. The lowest BCUT2D eigenvalue weighted by Gasteiger charge is -1.99. The average molecular weight is 320 g/mol. The number of aromatic nitrogens is 4. The molecule has 1 N–H and O–H groups in total. The number of H-pyrrole nitrogens is 1. The van der Waals surface area contributed by atoms with Gasteiger partial charge < -0.3 is 4.52 Å². The quantitative estimate of drug-likeness (QED) is 0.800. The predicted molar refractivity (Wildman–Crippen MR) is 75.9 cm³/mol. The minimum Gasteiger partial charge on any atom is -0.334 e. The van der Waals surface area contributed by atoms with Gasteiger partial charge in [-0.05, 0) is 17.7 Å². The molecule has 2 heterocycles. The van der Waals surface area contributed by atoms with Crippen LogP contribution in [0.5, 0.6) is 0 Å². The van der Waals surface area contributed by atoms with Crippen LogP contribution in [0.4, 0.5) is 0 Å². The summed E-state index contributed by atoms with van der Waals surface area (Å²) in [6.45, 7) is 0. The Morgan fingerprint density at radius 3 is 2.90 bits per heavy atom. The molecule has 3 aromatic rings. The number of benzene rings is 1. The molecule has 0 saturated heterocycles. The Labute approximate surface area is 129 Å². The molecule has 0 fully saturated rings. The normalized spacial score (nSPS) is 10.5. The monoisotopic (exact) mass is 319 g/mol. The van der Waals surface area contributed by atoms with E-state index >= 15 is 0 Å². The predicted octanol–water partition coefficient (Wildman–Crippen LogP) is 3.23. The van der Waals surface area contributed by atoms with Crippen LogP contribution in [0.3, 0.4) is 0 Å². The summed E-state index contributed by atoms with van der Waals surface area (Å²) in [6.07, 6.45) is 1.91. The van der Waals surface area contributed by atoms with Gasteiger partial charge in [0.25, 0.3) is 5.89 Å². The number of halogens is 2. The van der Waals surface area contributed by atoms with Gasteiger partial charge in [-0.2, -0.15) is 15.3 Å². The first-order valence-corrected chi connectivity index (χ1v) is 6.63. The summed E-state index contributed by atoms with van der Waals surface area (Å²) in [6, 6.07) is 7.27. The molecule has 0 atom stereocenters. The fourth-order valence-electron chi connectivity index (χ4n) is 1.80. The number of nitriles is 1. The van der Waals surface area contributed by atoms with Gasteiger partial charge in [0.15, 0.2) is 5.82 Å². The Morgan fingerprint density at radius 1 is 1.29 bits per heavy atom. The molecule has 3 rings (SSSR count). The average Bonchev–Trinajstić information content (AvgIpc) is 3.11. The van der Waals surface area contributed by atoms with Crippen LogP contribution in [0, 0.1) is 11.3 Å². The van der Waals surface area contributed by atoms with E-state index < -0.39 is 0 Å². The second-order valence-electron chi connectivity index (χ2n) is 4.21. The summed E-state index contributed by atoms with van der Waals surface area (Å²) in [4.78, 5) is 4.24. The first kappa shape index (κ1) is 13.6. The van der Waals surface area contributed by atoms with Crippen molar-refractivity contribution in [3.63, 3.8) is 0 Å². The molecule has 21 heavy (non-hydrogen) atoms. The van der Waals surface area contributed by atoms with E-state index in [0.717, 1.165) is 5.56 Å². The molecular weight excluding hydrogens is 313 g/mol. The first-order valence-electron chi connectivity index (χ1n) is 5.87. The van der Waals surface area contributed by atoms with Crippen LogP contribution < -0.4 is 0 Å². The second-order valence-corrected chi connectivity index (χ2v) is 5.03. The van der Waals surface area contributed by atoms with Crippen molar-refractivity contribution in [3.8, 4) is 17.5 Å². The molecular formula is C13H7Cl2N5O. The molecule has 0 aliphatic carbocycles. The standard InChI is InChI=1S/C13H7Cl2N5O/c14-9-2-1-7(3-10(9)15)4-12-18-13(21-20-12)8-6-17-19-11(8)5-16/h1-3,6H,4H2,(H,17,19). The van der Waals surface area contributed by atoms with Crippen molar-refractivity contribution in [3.05, 3.63) is 51.5 Å². The molecule has 0 radical (unpaired) electrons. The molecule has 2 aromatic heterocycles. The molecule has 104 valence electrons. The minimum absolute atomic E-state index is 0.246.